The molecule has 0 spiro atoms. The van der Waals surface area contributed by atoms with Gasteiger partial charge in [0.05, 0.1) is 18.7 Å². The molecule has 6 nitrogen and oxygen atoms in total. The number of ether oxygens (including phenoxy) is 1. The molecule has 0 radical (unpaired) electrons. The van der Waals surface area contributed by atoms with Crippen LogP contribution < -0.4 is 15.1 Å². The molecule has 0 aromatic carbocycles. The van der Waals surface area contributed by atoms with Crippen molar-refractivity contribution in [3.63, 3.8) is 0 Å². The summed E-state index contributed by atoms with van der Waals surface area (Å²) in [5.41, 5.74) is 1.40. The van der Waals surface area contributed by atoms with Crippen molar-refractivity contribution >= 4 is 28.2 Å². The van der Waals surface area contributed by atoms with E-state index in [0.29, 0.717) is 23.7 Å². The maximum Gasteiger partial charge on any atom is 0.341 e. The van der Waals surface area contributed by atoms with Crippen molar-refractivity contribution in [3.05, 3.63) is 16.0 Å². The first-order valence-corrected chi connectivity index (χ1v) is 10.0. The van der Waals surface area contributed by atoms with Crippen LogP contribution in [0.25, 0.3) is 0 Å². The van der Waals surface area contributed by atoms with Gasteiger partial charge in [-0.15, -0.1) is 11.3 Å². The van der Waals surface area contributed by atoms with Crippen LogP contribution in [0, 0.1) is 13.8 Å². The molecule has 0 unspecified atom stereocenters. The SMILES string of the molecule is CCC[NH+]1CC[NH+](CC(=O)Nc2sc(C)c(C)c2C(=O)OCC)CC1. The second kappa shape index (κ2) is 9.31. The van der Waals surface area contributed by atoms with Gasteiger partial charge in [0, 0.05) is 4.88 Å². The van der Waals surface area contributed by atoms with Crippen molar-refractivity contribution in [3.8, 4) is 0 Å². The van der Waals surface area contributed by atoms with E-state index in [1.807, 2.05) is 13.8 Å². The summed E-state index contributed by atoms with van der Waals surface area (Å²) in [5.74, 6) is -0.385. The van der Waals surface area contributed by atoms with E-state index in [2.05, 4.69) is 12.2 Å². The van der Waals surface area contributed by atoms with E-state index in [-0.39, 0.29) is 11.9 Å². The monoisotopic (exact) mass is 369 g/mol. The average Bonchev–Trinajstić information content (AvgIpc) is 2.84. The summed E-state index contributed by atoms with van der Waals surface area (Å²) < 4.78 is 5.14. The fourth-order valence-corrected chi connectivity index (χ4v) is 4.36. The molecule has 0 saturated carbocycles. The molecule has 0 bridgehead atoms. The minimum atomic E-state index is -0.358. The topological polar surface area (TPSA) is 64.3 Å². The molecule has 1 saturated heterocycles. The predicted octanol–water partition coefficient (Wildman–Crippen LogP) is -0.326. The van der Waals surface area contributed by atoms with Crippen molar-refractivity contribution in [2.45, 2.75) is 34.1 Å². The van der Waals surface area contributed by atoms with Crippen LogP contribution in [0.1, 0.15) is 41.1 Å². The first kappa shape index (κ1) is 19.9. The molecular weight excluding hydrogens is 338 g/mol. The van der Waals surface area contributed by atoms with Gasteiger partial charge in [0.2, 0.25) is 0 Å². The summed E-state index contributed by atoms with van der Waals surface area (Å²) >= 11 is 1.45. The van der Waals surface area contributed by atoms with Crippen LogP contribution in [0.2, 0.25) is 0 Å². The number of rotatable bonds is 7. The number of hydrogen-bond acceptors (Lipinski definition) is 4. The normalized spacial score (nSPS) is 20.3. The van der Waals surface area contributed by atoms with Crippen molar-refractivity contribution in [2.75, 3.05) is 51.2 Å². The Kier molecular flexibility index (Phi) is 7.40. The summed E-state index contributed by atoms with van der Waals surface area (Å²) in [7, 11) is 0. The van der Waals surface area contributed by atoms with Crippen LogP contribution in [0.15, 0.2) is 0 Å². The van der Waals surface area contributed by atoms with Gasteiger partial charge >= 0.3 is 5.97 Å². The number of carbonyl (C=O) groups is 2. The van der Waals surface area contributed by atoms with Gasteiger partial charge in [0.1, 0.15) is 31.2 Å². The van der Waals surface area contributed by atoms with Crippen molar-refractivity contribution in [2.24, 2.45) is 0 Å². The summed E-state index contributed by atoms with van der Waals surface area (Å²) in [4.78, 5) is 28.6. The van der Waals surface area contributed by atoms with Crippen LogP contribution >= 0.6 is 11.3 Å². The number of anilines is 1. The standard InChI is InChI=1S/C18H29N3O3S/c1-5-7-20-8-10-21(11-9-20)12-15(22)19-17-16(18(23)24-6-2)13(3)14(4)25-17/h5-12H2,1-4H3,(H,19,22)/p+2. The van der Waals surface area contributed by atoms with Crippen LogP contribution in [0.3, 0.4) is 0 Å². The molecule has 140 valence electrons. The highest BCUT2D eigenvalue weighted by Crippen LogP contribution is 2.32. The lowest BCUT2D eigenvalue weighted by atomic mass is 10.1. The summed E-state index contributed by atoms with van der Waals surface area (Å²) in [6, 6.07) is 0. The number of thiophene rings is 1. The quantitative estimate of drug-likeness (QED) is 0.577. The second-order valence-electron chi connectivity index (χ2n) is 6.68. The van der Waals surface area contributed by atoms with Gasteiger partial charge in [-0.25, -0.2) is 4.79 Å². The molecule has 1 amide bonds. The lowest BCUT2D eigenvalue weighted by Crippen LogP contribution is -3.28. The number of aryl methyl sites for hydroxylation is 1. The molecular formula is C18H31N3O3S+2. The number of carbonyl (C=O) groups excluding carboxylic acids is 2. The Bertz CT molecular complexity index is 607. The Labute approximate surface area is 154 Å². The fraction of sp³-hybridized carbons (Fsp3) is 0.667. The molecule has 1 aromatic rings. The molecule has 7 heteroatoms. The van der Waals surface area contributed by atoms with E-state index in [4.69, 9.17) is 4.74 Å². The molecule has 2 heterocycles. The molecule has 1 aliphatic heterocycles. The fourth-order valence-electron chi connectivity index (χ4n) is 3.30. The van der Waals surface area contributed by atoms with Crippen molar-refractivity contribution in [1.82, 2.24) is 0 Å². The molecule has 1 aromatic heterocycles. The van der Waals surface area contributed by atoms with Crippen molar-refractivity contribution in [1.29, 1.82) is 0 Å². The minimum absolute atomic E-state index is 0.0271. The van der Waals surface area contributed by atoms with Gasteiger partial charge in [-0.1, -0.05) is 6.92 Å². The summed E-state index contributed by atoms with van der Waals surface area (Å²) in [6.45, 7) is 14.2. The van der Waals surface area contributed by atoms with Gasteiger partial charge in [0.25, 0.3) is 5.91 Å². The molecule has 3 N–H and O–H groups in total. The summed E-state index contributed by atoms with van der Waals surface area (Å²) in [5, 5.41) is 3.56. The maximum absolute atomic E-state index is 12.5. The van der Waals surface area contributed by atoms with Gasteiger partial charge in [-0.05, 0) is 32.8 Å². The molecule has 1 fully saturated rings. The third-order valence-electron chi connectivity index (χ3n) is 4.80. The Hall–Kier alpha value is -1.44. The number of nitrogens with one attached hydrogen (secondary N) is 3. The molecule has 1 aliphatic rings. The largest absolute Gasteiger partial charge is 0.462 e. The van der Waals surface area contributed by atoms with E-state index in [1.165, 1.54) is 29.2 Å². The zero-order valence-corrected chi connectivity index (χ0v) is 16.6. The van der Waals surface area contributed by atoms with Gasteiger partial charge in [-0.3, -0.25) is 4.79 Å². The van der Waals surface area contributed by atoms with Crippen LogP contribution in [-0.2, 0) is 9.53 Å². The van der Waals surface area contributed by atoms with E-state index >= 15 is 0 Å². The lowest BCUT2D eigenvalue weighted by Gasteiger charge is -2.29. The number of amides is 1. The minimum Gasteiger partial charge on any atom is -0.462 e. The van der Waals surface area contributed by atoms with E-state index < -0.39 is 0 Å². The van der Waals surface area contributed by atoms with Gasteiger partial charge in [-0.2, -0.15) is 0 Å². The third-order valence-corrected chi connectivity index (χ3v) is 5.92. The predicted molar refractivity (Wildman–Crippen MR) is 99.8 cm³/mol. The maximum atomic E-state index is 12.5. The van der Waals surface area contributed by atoms with Gasteiger partial charge < -0.3 is 19.9 Å². The number of hydrogen-bond donors (Lipinski definition) is 3. The highest BCUT2D eigenvalue weighted by Gasteiger charge is 2.26. The second-order valence-corrected chi connectivity index (χ2v) is 7.91. The Morgan fingerprint density at radius 3 is 2.36 bits per heavy atom. The molecule has 0 aliphatic carbocycles. The molecule has 25 heavy (non-hydrogen) atoms. The molecule has 0 atom stereocenters. The highest BCUT2D eigenvalue weighted by molar-refractivity contribution is 7.16. The van der Waals surface area contributed by atoms with E-state index in [0.717, 1.165) is 36.6 Å². The van der Waals surface area contributed by atoms with Crippen molar-refractivity contribution < 1.29 is 24.1 Å². The van der Waals surface area contributed by atoms with E-state index in [1.54, 1.807) is 11.8 Å². The van der Waals surface area contributed by atoms with Gasteiger partial charge in [0.15, 0.2) is 6.54 Å². The highest BCUT2D eigenvalue weighted by atomic mass is 32.1. The first-order valence-electron chi connectivity index (χ1n) is 9.20. The molecule has 2 rings (SSSR count). The number of esters is 1. The zero-order chi connectivity index (χ0) is 18.4. The lowest BCUT2D eigenvalue weighted by molar-refractivity contribution is -1.01. The number of quaternary nitrogens is 2. The summed E-state index contributed by atoms with van der Waals surface area (Å²) in [6.07, 6.45) is 1.21. The van der Waals surface area contributed by atoms with Crippen LogP contribution in [0.4, 0.5) is 5.00 Å². The van der Waals surface area contributed by atoms with Crippen LogP contribution in [-0.4, -0.2) is 57.8 Å². The van der Waals surface area contributed by atoms with E-state index in [9.17, 15) is 9.59 Å². The first-order chi connectivity index (χ1) is 12.0. The third kappa shape index (κ3) is 5.26. The zero-order valence-electron chi connectivity index (χ0n) is 15.8. The Balaban J connectivity index is 1.95. The smallest absolute Gasteiger partial charge is 0.341 e. The average molecular weight is 370 g/mol. The Morgan fingerprint density at radius 1 is 1.12 bits per heavy atom. The number of piperazine rings is 1. The Morgan fingerprint density at radius 2 is 1.76 bits per heavy atom. The van der Waals surface area contributed by atoms with Crippen LogP contribution in [0.5, 0.6) is 0 Å².